The number of ether oxygens (including phenoxy) is 4. The molecule has 2 aliphatic heterocycles. The van der Waals surface area contributed by atoms with Crippen molar-refractivity contribution < 1.29 is 33.6 Å². The van der Waals surface area contributed by atoms with Gasteiger partial charge in [0.1, 0.15) is 25.6 Å². The van der Waals surface area contributed by atoms with Crippen LogP contribution in [0.2, 0.25) is 0 Å². The van der Waals surface area contributed by atoms with Crippen LogP contribution in [-0.4, -0.2) is 73.1 Å². The van der Waals surface area contributed by atoms with Crippen molar-refractivity contribution in [1.82, 2.24) is 9.80 Å². The lowest BCUT2D eigenvalue weighted by Gasteiger charge is -2.28. The summed E-state index contributed by atoms with van der Waals surface area (Å²) in [5.74, 6) is 0.340. The fourth-order valence-electron chi connectivity index (χ4n) is 5.30. The van der Waals surface area contributed by atoms with Crippen LogP contribution in [0.4, 0.5) is 0 Å². The van der Waals surface area contributed by atoms with Crippen LogP contribution in [-0.2, 0) is 16.2 Å². The van der Waals surface area contributed by atoms with E-state index in [-0.39, 0.29) is 11.3 Å². The lowest BCUT2D eigenvalue weighted by atomic mass is 9.94. The summed E-state index contributed by atoms with van der Waals surface area (Å²) in [7, 11) is 1.54. The van der Waals surface area contributed by atoms with Crippen LogP contribution in [0.5, 0.6) is 23.0 Å². The van der Waals surface area contributed by atoms with Gasteiger partial charge in [-0.3, -0.25) is 9.59 Å². The number of ketones is 1. The average Bonchev–Trinajstić information content (AvgIpc) is 3.29. The molecule has 9 heteroatoms. The van der Waals surface area contributed by atoms with E-state index in [1.165, 1.54) is 4.90 Å². The van der Waals surface area contributed by atoms with Gasteiger partial charge in [-0.2, -0.15) is 0 Å². The van der Waals surface area contributed by atoms with Crippen LogP contribution in [0.25, 0.3) is 5.76 Å². The minimum atomic E-state index is -0.828. The van der Waals surface area contributed by atoms with E-state index in [0.717, 1.165) is 18.7 Å². The standard InChI is InChI=1S/C33H36N2O7/c1-4-34(5-2)15-16-35-30(23-11-13-25(27(19-23)39-3)42-21-22-9-7-6-8-10-22)29(32(37)33(35)38)31(36)24-12-14-26-28(20-24)41-18-17-40-26/h6-14,19-20,30,36H,4-5,15-18,21H2,1-3H3/b31-29-. The first-order chi connectivity index (χ1) is 20.4. The zero-order valence-corrected chi connectivity index (χ0v) is 24.2. The highest BCUT2D eigenvalue weighted by molar-refractivity contribution is 6.46. The zero-order valence-electron chi connectivity index (χ0n) is 24.2. The summed E-state index contributed by atoms with van der Waals surface area (Å²) in [5, 5.41) is 11.5. The van der Waals surface area contributed by atoms with Gasteiger partial charge >= 0.3 is 0 Å². The number of hydrogen-bond donors (Lipinski definition) is 1. The number of carbonyl (C=O) groups excluding carboxylic acids is 2. The van der Waals surface area contributed by atoms with Gasteiger partial charge in [0, 0.05) is 18.7 Å². The number of hydrogen-bond acceptors (Lipinski definition) is 8. The summed E-state index contributed by atoms with van der Waals surface area (Å²) in [6, 6.07) is 19.3. The molecule has 0 radical (unpaired) electrons. The molecule has 1 atom stereocenters. The van der Waals surface area contributed by atoms with Crippen LogP contribution in [0.1, 0.15) is 36.6 Å². The second kappa shape index (κ2) is 13.0. The van der Waals surface area contributed by atoms with E-state index in [4.69, 9.17) is 18.9 Å². The predicted molar refractivity (Wildman–Crippen MR) is 158 cm³/mol. The molecular formula is C33H36N2O7. The third-order valence-corrected chi connectivity index (χ3v) is 7.65. The summed E-state index contributed by atoms with van der Waals surface area (Å²) < 4.78 is 23.0. The van der Waals surface area contributed by atoms with Crippen molar-refractivity contribution in [1.29, 1.82) is 0 Å². The van der Waals surface area contributed by atoms with E-state index in [2.05, 4.69) is 18.7 Å². The number of methoxy groups -OCH3 is 1. The Labute approximate surface area is 245 Å². The minimum absolute atomic E-state index is 0.0104. The molecule has 1 saturated heterocycles. The van der Waals surface area contributed by atoms with E-state index in [9.17, 15) is 14.7 Å². The van der Waals surface area contributed by atoms with Gasteiger partial charge in [-0.15, -0.1) is 0 Å². The molecule has 0 spiro atoms. The Morgan fingerprint density at radius 3 is 2.40 bits per heavy atom. The zero-order chi connectivity index (χ0) is 29.6. The van der Waals surface area contributed by atoms with Crippen molar-refractivity contribution in [3.8, 4) is 23.0 Å². The van der Waals surface area contributed by atoms with Gasteiger partial charge in [0.05, 0.1) is 18.7 Å². The molecule has 1 amide bonds. The number of fused-ring (bicyclic) bond motifs is 1. The molecule has 0 aromatic heterocycles. The first kappa shape index (κ1) is 29.0. The third kappa shape index (κ3) is 5.92. The maximum absolute atomic E-state index is 13.5. The molecule has 1 N–H and O–H groups in total. The number of benzene rings is 3. The number of likely N-dealkylation sites (N-methyl/N-ethyl adjacent to an activating group) is 1. The van der Waals surface area contributed by atoms with Crippen molar-refractivity contribution in [2.24, 2.45) is 0 Å². The summed E-state index contributed by atoms with van der Waals surface area (Å²) >= 11 is 0. The molecule has 1 unspecified atom stereocenters. The quantitative estimate of drug-likeness (QED) is 0.199. The Morgan fingerprint density at radius 1 is 0.952 bits per heavy atom. The highest BCUT2D eigenvalue weighted by Crippen LogP contribution is 2.43. The summed E-state index contributed by atoms with van der Waals surface area (Å²) in [6.07, 6.45) is 0. The second-order valence-electron chi connectivity index (χ2n) is 10.1. The molecule has 220 valence electrons. The van der Waals surface area contributed by atoms with Crippen molar-refractivity contribution in [2.75, 3.05) is 46.5 Å². The Hall–Kier alpha value is -4.50. The number of aliphatic hydroxyl groups is 1. The first-order valence-corrected chi connectivity index (χ1v) is 14.2. The van der Waals surface area contributed by atoms with Gasteiger partial charge < -0.3 is 33.9 Å². The molecule has 0 bridgehead atoms. The van der Waals surface area contributed by atoms with Crippen LogP contribution >= 0.6 is 0 Å². The normalized spacial score (nSPS) is 17.5. The average molecular weight is 573 g/mol. The van der Waals surface area contributed by atoms with Gasteiger partial charge in [-0.25, -0.2) is 0 Å². The summed E-state index contributed by atoms with van der Waals surface area (Å²) in [4.78, 5) is 30.7. The Bertz CT molecular complexity index is 1470. The lowest BCUT2D eigenvalue weighted by molar-refractivity contribution is -0.140. The highest BCUT2D eigenvalue weighted by Gasteiger charge is 2.46. The maximum Gasteiger partial charge on any atom is 0.295 e. The Morgan fingerprint density at radius 2 is 1.69 bits per heavy atom. The molecule has 0 aliphatic carbocycles. The van der Waals surface area contributed by atoms with Crippen LogP contribution < -0.4 is 18.9 Å². The second-order valence-corrected chi connectivity index (χ2v) is 10.1. The third-order valence-electron chi connectivity index (χ3n) is 7.65. The molecule has 5 rings (SSSR count). The van der Waals surface area contributed by atoms with Crippen LogP contribution in [0.15, 0.2) is 72.3 Å². The number of carbonyl (C=O) groups is 2. The molecule has 3 aromatic rings. The largest absolute Gasteiger partial charge is 0.507 e. The molecule has 3 aromatic carbocycles. The Balaban J connectivity index is 1.54. The number of amides is 1. The number of likely N-dealkylation sites (tertiary alicyclic amines) is 1. The number of nitrogens with zero attached hydrogens (tertiary/aromatic N) is 2. The summed E-state index contributed by atoms with van der Waals surface area (Å²) in [5.41, 5.74) is 2.00. The van der Waals surface area contributed by atoms with E-state index >= 15 is 0 Å². The van der Waals surface area contributed by atoms with Gasteiger partial charge in [0.15, 0.2) is 23.0 Å². The molecule has 42 heavy (non-hydrogen) atoms. The smallest absolute Gasteiger partial charge is 0.295 e. The van der Waals surface area contributed by atoms with Gasteiger partial charge in [-0.05, 0) is 54.5 Å². The van der Waals surface area contributed by atoms with Crippen molar-refractivity contribution in [3.63, 3.8) is 0 Å². The van der Waals surface area contributed by atoms with Gasteiger partial charge in [0.25, 0.3) is 11.7 Å². The minimum Gasteiger partial charge on any atom is -0.507 e. The van der Waals surface area contributed by atoms with E-state index in [1.54, 1.807) is 43.5 Å². The topological polar surface area (TPSA) is 97.8 Å². The predicted octanol–water partition coefficient (Wildman–Crippen LogP) is 4.81. The van der Waals surface area contributed by atoms with Crippen molar-refractivity contribution in [2.45, 2.75) is 26.5 Å². The number of Topliss-reactive ketones (excluding diaryl/α,β-unsaturated/α-hetero) is 1. The van der Waals surface area contributed by atoms with Crippen LogP contribution in [0.3, 0.4) is 0 Å². The fourth-order valence-corrected chi connectivity index (χ4v) is 5.30. The molecule has 0 saturated carbocycles. The molecule has 2 aliphatic rings. The fraction of sp³-hybridized carbons (Fsp3) is 0.333. The first-order valence-electron chi connectivity index (χ1n) is 14.2. The Kier molecular flexibility index (Phi) is 8.97. The van der Waals surface area contributed by atoms with E-state index in [1.807, 2.05) is 30.3 Å². The lowest BCUT2D eigenvalue weighted by Crippen LogP contribution is -2.38. The molecule has 2 heterocycles. The van der Waals surface area contributed by atoms with Gasteiger partial charge in [-0.1, -0.05) is 50.2 Å². The monoisotopic (exact) mass is 572 g/mol. The highest BCUT2D eigenvalue weighted by atomic mass is 16.6. The van der Waals surface area contributed by atoms with Crippen molar-refractivity contribution in [3.05, 3.63) is 89.0 Å². The van der Waals surface area contributed by atoms with Crippen LogP contribution in [0, 0.1) is 0 Å². The molecule has 1 fully saturated rings. The number of rotatable bonds is 11. The van der Waals surface area contributed by atoms with E-state index in [0.29, 0.717) is 67.0 Å². The number of aliphatic hydroxyl groups excluding tert-OH is 1. The SMILES string of the molecule is CCN(CC)CCN1C(=O)C(=O)/C(=C(\O)c2ccc3c(c2)OCCO3)C1c1ccc(OCc2ccccc2)c(OC)c1. The maximum atomic E-state index is 13.5. The molecular weight excluding hydrogens is 536 g/mol. The van der Waals surface area contributed by atoms with Gasteiger partial charge in [0.2, 0.25) is 0 Å². The molecule has 9 nitrogen and oxygen atoms in total. The van der Waals surface area contributed by atoms with Crippen molar-refractivity contribution >= 4 is 17.4 Å². The summed E-state index contributed by atoms with van der Waals surface area (Å²) in [6.45, 7) is 7.77. The van der Waals surface area contributed by atoms with E-state index < -0.39 is 17.7 Å².